The number of halogens is 1. The second kappa shape index (κ2) is 7.18. The summed E-state index contributed by atoms with van der Waals surface area (Å²) in [6, 6.07) is 13.5. The maximum Gasteiger partial charge on any atom is 0.213 e. The summed E-state index contributed by atoms with van der Waals surface area (Å²) in [7, 11) is -2.02. The number of rotatable bonds is 4. The lowest BCUT2D eigenvalue weighted by molar-refractivity contribution is 0.245. The molecule has 3 aromatic rings. The molecule has 1 aliphatic heterocycles. The zero-order valence-corrected chi connectivity index (χ0v) is 18.4. The van der Waals surface area contributed by atoms with E-state index in [1.165, 1.54) is 0 Å². The van der Waals surface area contributed by atoms with Crippen LogP contribution in [0.15, 0.2) is 46.3 Å². The monoisotopic (exact) mass is 479 g/mol. The highest BCUT2D eigenvalue weighted by molar-refractivity contribution is 9.11. The van der Waals surface area contributed by atoms with Crippen molar-refractivity contribution < 1.29 is 17.9 Å². The van der Waals surface area contributed by atoms with Crippen LogP contribution in [0.2, 0.25) is 0 Å². The number of hydrogen-bond donors (Lipinski definition) is 1. The molecule has 0 aliphatic carbocycles. The molecule has 0 bridgehead atoms. The van der Waals surface area contributed by atoms with Gasteiger partial charge in [-0.1, -0.05) is 18.2 Å². The Bertz CT molecular complexity index is 1170. The van der Waals surface area contributed by atoms with Crippen molar-refractivity contribution in [1.82, 2.24) is 0 Å². The van der Waals surface area contributed by atoms with E-state index in [1.54, 1.807) is 18.4 Å². The largest absolute Gasteiger partial charge is 0.496 e. The fraction of sp³-hybridized carbons (Fsp3) is 0.200. The SMILES string of the molecule is COc1cccc2c1-c1ccc(CS(N)(=O)=O)c(C)c1C(c1ccc(Br)s1)O2. The maximum atomic E-state index is 11.7. The third kappa shape index (κ3) is 3.45. The number of nitrogens with two attached hydrogens (primary N) is 1. The van der Waals surface area contributed by atoms with E-state index >= 15 is 0 Å². The third-order valence-corrected chi connectivity index (χ3v) is 7.20. The summed E-state index contributed by atoms with van der Waals surface area (Å²) >= 11 is 5.10. The Morgan fingerprint density at radius 1 is 1.21 bits per heavy atom. The van der Waals surface area contributed by atoms with E-state index in [9.17, 15) is 8.42 Å². The standard InChI is InChI=1S/C20H18BrNO4S2/c1-11-12(10-28(22,23)24)6-7-13-18(11)20(16-8-9-17(21)27-16)26-15-5-3-4-14(25-2)19(13)15/h3-9,20H,10H2,1-2H3,(H2,22,23,24). The van der Waals surface area contributed by atoms with E-state index < -0.39 is 10.0 Å². The number of methoxy groups -OCH3 is 1. The first-order valence-electron chi connectivity index (χ1n) is 8.50. The van der Waals surface area contributed by atoms with E-state index in [2.05, 4.69) is 15.9 Å². The van der Waals surface area contributed by atoms with Gasteiger partial charge >= 0.3 is 0 Å². The summed E-state index contributed by atoms with van der Waals surface area (Å²) in [4.78, 5) is 1.03. The summed E-state index contributed by atoms with van der Waals surface area (Å²) in [6.07, 6.45) is -0.341. The van der Waals surface area contributed by atoms with Crippen LogP contribution >= 0.6 is 27.3 Å². The summed E-state index contributed by atoms with van der Waals surface area (Å²) in [5, 5.41) is 5.30. The fourth-order valence-electron chi connectivity index (χ4n) is 3.60. The van der Waals surface area contributed by atoms with Gasteiger partial charge in [-0.3, -0.25) is 0 Å². The normalized spacial score (nSPS) is 15.5. The van der Waals surface area contributed by atoms with Crippen LogP contribution in [0.1, 0.15) is 27.7 Å². The van der Waals surface area contributed by atoms with Crippen LogP contribution in [0.4, 0.5) is 0 Å². The molecule has 1 atom stereocenters. The number of hydrogen-bond acceptors (Lipinski definition) is 5. The molecule has 2 aromatic carbocycles. The molecule has 0 fully saturated rings. The van der Waals surface area contributed by atoms with Gasteiger partial charge in [0.2, 0.25) is 10.0 Å². The van der Waals surface area contributed by atoms with Crippen molar-refractivity contribution in [3.8, 4) is 22.6 Å². The van der Waals surface area contributed by atoms with Gasteiger partial charge in [0.25, 0.3) is 0 Å². The first-order chi connectivity index (χ1) is 13.3. The second-order valence-electron chi connectivity index (χ2n) is 6.59. The Morgan fingerprint density at radius 2 is 2.00 bits per heavy atom. The van der Waals surface area contributed by atoms with Crippen LogP contribution in [-0.4, -0.2) is 15.5 Å². The van der Waals surface area contributed by atoms with Crippen LogP contribution in [0.5, 0.6) is 11.5 Å². The van der Waals surface area contributed by atoms with Crippen LogP contribution in [-0.2, 0) is 15.8 Å². The predicted molar refractivity (Wildman–Crippen MR) is 114 cm³/mol. The lowest BCUT2D eigenvalue weighted by Gasteiger charge is -2.31. The zero-order chi connectivity index (χ0) is 20.1. The highest BCUT2D eigenvalue weighted by atomic mass is 79.9. The van der Waals surface area contributed by atoms with Crippen molar-refractivity contribution >= 4 is 37.3 Å². The lowest BCUT2D eigenvalue weighted by Crippen LogP contribution is -2.19. The highest BCUT2D eigenvalue weighted by Gasteiger charge is 2.33. The van der Waals surface area contributed by atoms with E-state index in [-0.39, 0.29) is 11.9 Å². The first-order valence-corrected chi connectivity index (χ1v) is 11.8. The van der Waals surface area contributed by atoms with Crippen molar-refractivity contribution in [1.29, 1.82) is 0 Å². The van der Waals surface area contributed by atoms with E-state index in [1.807, 2.05) is 49.4 Å². The van der Waals surface area contributed by atoms with Crippen LogP contribution in [0, 0.1) is 6.92 Å². The summed E-state index contributed by atoms with van der Waals surface area (Å²) in [5.41, 5.74) is 4.31. The molecule has 4 rings (SSSR count). The van der Waals surface area contributed by atoms with Gasteiger partial charge in [-0.05, 0) is 63.8 Å². The van der Waals surface area contributed by atoms with Gasteiger partial charge in [0, 0.05) is 5.56 Å². The van der Waals surface area contributed by atoms with Gasteiger partial charge in [0.05, 0.1) is 27.1 Å². The number of benzene rings is 2. The lowest BCUT2D eigenvalue weighted by atomic mass is 9.86. The minimum Gasteiger partial charge on any atom is -0.496 e. The van der Waals surface area contributed by atoms with Crippen molar-refractivity contribution in [2.24, 2.45) is 5.14 Å². The number of sulfonamides is 1. The fourth-order valence-corrected chi connectivity index (χ4v) is 5.81. The Kier molecular flexibility index (Phi) is 4.99. The summed E-state index contributed by atoms with van der Waals surface area (Å²) in [6.45, 7) is 1.92. The number of fused-ring (bicyclic) bond motifs is 3. The molecule has 0 amide bonds. The molecule has 5 nitrogen and oxygen atoms in total. The van der Waals surface area contributed by atoms with Gasteiger partial charge in [0.15, 0.2) is 6.10 Å². The zero-order valence-electron chi connectivity index (χ0n) is 15.2. The minimum absolute atomic E-state index is 0.217. The molecule has 0 spiro atoms. The molecule has 1 unspecified atom stereocenters. The smallest absolute Gasteiger partial charge is 0.213 e. The molecule has 1 aliphatic rings. The molecule has 28 heavy (non-hydrogen) atoms. The molecule has 0 radical (unpaired) electrons. The molecule has 2 N–H and O–H groups in total. The molecule has 8 heteroatoms. The molecular weight excluding hydrogens is 462 g/mol. The summed E-state index contributed by atoms with van der Waals surface area (Å²) in [5.74, 6) is 1.23. The van der Waals surface area contributed by atoms with Gasteiger partial charge in [-0.2, -0.15) is 0 Å². The Hall–Kier alpha value is -1.87. The Morgan fingerprint density at radius 3 is 2.64 bits per heavy atom. The maximum absolute atomic E-state index is 11.7. The number of primary sulfonamides is 1. The Balaban J connectivity index is 1.99. The number of ether oxygens (including phenoxy) is 2. The average Bonchev–Trinajstić information content (AvgIpc) is 3.07. The van der Waals surface area contributed by atoms with E-state index in [4.69, 9.17) is 14.6 Å². The topological polar surface area (TPSA) is 78.6 Å². The minimum atomic E-state index is -3.65. The quantitative estimate of drug-likeness (QED) is 0.584. The van der Waals surface area contributed by atoms with Crippen molar-refractivity contribution in [3.63, 3.8) is 0 Å². The van der Waals surface area contributed by atoms with Gasteiger partial charge < -0.3 is 9.47 Å². The van der Waals surface area contributed by atoms with E-state index in [0.29, 0.717) is 11.3 Å². The van der Waals surface area contributed by atoms with Gasteiger partial charge in [-0.15, -0.1) is 11.3 Å². The van der Waals surface area contributed by atoms with Crippen LogP contribution in [0.3, 0.4) is 0 Å². The molecular formula is C20H18BrNO4S2. The molecule has 1 aromatic heterocycles. The second-order valence-corrected chi connectivity index (χ2v) is 10.7. The first kappa shape index (κ1) is 19.4. The summed E-state index contributed by atoms with van der Waals surface area (Å²) < 4.78 is 36.4. The predicted octanol–water partition coefficient (Wildman–Crippen LogP) is 4.76. The van der Waals surface area contributed by atoms with Crippen LogP contribution < -0.4 is 14.6 Å². The molecule has 0 saturated heterocycles. The van der Waals surface area contributed by atoms with E-state index in [0.717, 1.165) is 36.7 Å². The Labute approximate surface area is 176 Å². The van der Waals surface area contributed by atoms with Crippen molar-refractivity contribution in [3.05, 3.63) is 67.8 Å². The third-order valence-electron chi connectivity index (χ3n) is 4.82. The molecule has 0 saturated carbocycles. The number of thiophene rings is 1. The molecule has 2 heterocycles. The van der Waals surface area contributed by atoms with Gasteiger partial charge in [-0.25, -0.2) is 13.6 Å². The molecule has 146 valence electrons. The van der Waals surface area contributed by atoms with Crippen molar-refractivity contribution in [2.45, 2.75) is 18.8 Å². The highest BCUT2D eigenvalue weighted by Crippen LogP contribution is 2.51. The van der Waals surface area contributed by atoms with Crippen LogP contribution in [0.25, 0.3) is 11.1 Å². The average molecular weight is 480 g/mol. The van der Waals surface area contributed by atoms with Crippen molar-refractivity contribution in [2.75, 3.05) is 7.11 Å². The van der Waals surface area contributed by atoms with Gasteiger partial charge in [0.1, 0.15) is 11.5 Å².